The third-order valence-corrected chi connectivity index (χ3v) is 9.30. The highest BCUT2D eigenvalue weighted by atomic mass is 16.5. The second kappa shape index (κ2) is 10.9. The summed E-state index contributed by atoms with van der Waals surface area (Å²) in [7, 11) is 1.92. The van der Waals surface area contributed by atoms with E-state index in [2.05, 4.69) is 69.5 Å². The maximum atomic E-state index is 11.5. The lowest BCUT2D eigenvalue weighted by atomic mass is 9.86. The molecule has 1 atom stereocenters. The van der Waals surface area contributed by atoms with Crippen LogP contribution in [0.4, 0.5) is 4.79 Å². The molecule has 2 aliphatic heterocycles. The number of fused-ring (bicyclic) bond motifs is 3. The normalized spacial score (nSPS) is 17.7. The quantitative estimate of drug-likeness (QED) is 0.274. The summed E-state index contributed by atoms with van der Waals surface area (Å²) in [6.45, 7) is 4.67. The van der Waals surface area contributed by atoms with Gasteiger partial charge in [-0.05, 0) is 73.8 Å². The lowest BCUT2D eigenvalue weighted by Crippen LogP contribution is -2.36. The molecule has 9 nitrogen and oxygen atoms in total. The summed E-state index contributed by atoms with van der Waals surface area (Å²) < 4.78 is 10.1. The van der Waals surface area contributed by atoms with Gasteiger partial charge in [-0.15, -0.1) is 5.10 Å². The van der Waals surface area contributed by atoms with Crippen molar-refractivity contribution in [3.05, 3.63) is 77.6 Å². The van der Waals surface area contributed by atoms with Crippen molar-refractivity contribution in [2.24, 2.45) is 13.0 Å². The van der Waals surface area contributed by atoms with Crippen LogP contribution in [0.25, 0.3) is 33.2 Å². The molecule has 9 heteroatoms. The number of hydrogen-bond acceptors (Lipinski definition) is 5. The molecule has 2 aliphatic rings. The van der Waals surface area contributed by atoms with Crippen molar-refractivity contribution in [1.29, 1.82) is 0 Å². The van der Waals surface area contributed by atoms with Gasteiger partial charge in [-0.1, -0.05) is 41.6 Å². The van der Waals surface area contributed by atoms with Gasteiger partial charge >= 0.3 is 6.09 Å². The Balaban J connectivity index is 1.43. The van der Waals surface area contributed by atoms with E-state index >= 15 is 0 Å². The topological polar surface area (TPSA) is 98.3 Å². The van der Waals surface area contributed by atoms with Crippen LogP contribution in [-0.2, 0) is 11.8 Å². The summed E-state index contributed by atoms with van der Waals surface area (Å²) in [5.74, 6) is 0.745. The fourth-order valence-corrected chi connectivity index (χ4v) is 7.18. The van der Waals surface area contributed by atoms with Crippen molar-refractivity contribution in [2.75, 3.05) is 26.3 Å². The van der Waals surface area contributed by atoms with Crippen LogP contribution in [0.1, 0.15) is 54.5 Å². The standard InChI is InChI=1S/C33H36N6O3/c1-21-31(37(2)36-35-21)26-19-29-30(34-20-26)27-18-25(22-10-14-38(15-11-22)33(40)41)8-9-28(27)39(29)32(23-6-4-3-5-7-23)24-12-16-42-17-13-24/h3-9,18-20,22,24,32H,10-17H2,1-2H3,(H,40,41)/t32-/m1/s1. The molecule has 5 aromatic rings. The predicted molar refractivity (Wildman–Crippen MR) is 162 cm³/mol. The number of carbonyl (C=O) groups is 1. The van der Waals surface area contributed by atoms with Crippen LogP contribution >= 0.6 is 0 Å². The van der Waals surface area contributed by atoms with Gasteiger partial charge in [-0.25, -0.2) is 9.48 Å². The number of rotatable bonds is 5. The van der Waals surface area contributed by atoms with Gasteiger partial charge in [-0.2, -0.15) is 0 Å². The van der Waals surface area contributed by atoms with E-state index in [1.807, 2.05) is 24.9 Å². The number of aromatic nitrogens is 5. The van der Waals surface area contributed by atoms with Gasteiger partial charge in [0.15, 0.2) is 0 Å². The summed E-state index contributed by atoms with van der Waals surface area (Å²) >= 11 is 0. The van der Waals surface area contributed by atoms with Gasteiger partial charge in [-0.3, -0.25) is 4.98 Å². The first-order valence-electron chi connectivity index (χ1n) is 14.9. The third kappa shape index (κ3) is 4.61. The Morgan fingerprint density at radius 3 is 2.45 bits per heavy atom. The van der Waals surface area contributed by atoms with Gasteiger partial charge in [0.25, 0.3) is 0 Å². The Kier molecular flexibility index (Phi) is 6.90. The average molecular weight is 565 g/mol. The molecule has 1 N–H and O–H groups in total. The van der Waals surface area contributed by atoms with Crippen LogP contribution < -0.4 is 0 Å². The number of hydrogen-bond donors (Lipinski definition) is 1. The number of amides is 1. The number of carboxylic acid groups (broad SMARTS) is 1. The fourth-order valence-electron chi connectivity index (χ4n) is 7.18. The number of nitrogens with zero attached hydrogens (tertiary/aromatic N) is 6. The van der Waals surface area contributed by atoms with Gasteiger partial charge in [0, 0.05) is 50.5 Å². The highest BCUT2D eigenvalue weighted by Crippen LogP contribution is 2.42. The largest absolute Gasteiger partial charge is 0.465 e. The smallest absolute Gasteiger partial charge is 0.407 e. The van der Waals surface area contributed by atoms with Gasteiger partial charge in [0.1, 0.15) is 0 Å². The maximum Gasteiger partial charge on any atom is 0.407 e. The second-order valence-electron chi connectivity index (χ2n) is 11.7. The molecule has 0 radical (unpaired) electrons. The minimum absolute atomic E-state index is 0.127. The molecular formula is C33H36N6O3. The molecule has 5 heterocycles. The van der Waals surface area contributed by atoms with Crippen LogP contribution in [0.15, 0.2) is 60.8 Å². The average Bonchev–Trinajstić information content (AvgIpc) is 3.53. The van der Waals surface area contributed by atoms with Crippen molar-refractivity contribution in [3.8, 4) is 11.3 Å². The molecule has 2 saturated heterocycles. The summed E-state index contributed by atoms with van der Waals surface area (Å²) in [5, 5.41) is 19.1. The first-order chi connectivity index (χ1) is 20.5. The molecular weight excluding hydrogens is 528 g/mol. The van der Waals surface area contributed by atoms with Crippen molar-refractivity contribution < 1.29 is 14.6 Å². The van der Waals surface area contributed by atoms with Crippen molar-refractivity contribution in [3.63, 3.8) is 0 Å². The van der Waals surface area contributed by atoms with E-state index in [1.54, 1.807) is 0 Å². The summed E-state index contributed by atoms with van der Waals surface area (Å²) in [6, 6.07) is 20.0. The Bertz CT molecular complexity index is 1730. The van der Waals surface area contributed by atoms with E-state index in [0.717, 1.165) is 72.3 Å². The van der Waals surface area contributed by atoms with E-state index < -0.39 is 6.09 Å². The van der Waals surface area contributed by atoms with Crippen molar-refractivity contribution >= 4 is 28.0 Å². The zero-order chi connectivity index (χ0) is 28.8. The van der Waals surface area contributed by atoms with Gasteiger partial charge in [0.2, 0.25) is 0 Å². The number of pyridine rings is 1. The van der Waals surface area contributed by atoms with E-state index in [4.69, 9.17) is 9.72 Å². The molecule has 0 spiro atoms. The number of aryl methyl sites for hydroxylation is 2. The van der Waals surface area contributed by atoms with Crippen LogP contribution in [0.3, 0.4) is 0 Å². The number of piperidine rings is 1. The van der Waals surface area contributed by atoms with Gasteiger partial charge < -0.3 is 19.3 Å². The summed E-state index contributed by atoms with van der Waals surface area (Å²) in [5.41, 5.74) is 8.64. The Morgan fingerprint density at radius 2 is 1.76 bits per heavy atom. The zero-order valence-electron chi connectivity index (χ0n) is 24.1. The Morgan fingerprint density at radius 1 is 1.00 bits per heavy atom. The van der Waals surface area contributed by atoms with Gasteiger partial charge in [0.05, 0.1) is 34.0 Å². The van der Waals surface area contributed by atoms with Crippen LogP contribution in [-0.4, -0.2) is 66.9 Å². The molecule has 2 fully saturated rings. The second-order valence-corrected chi connectivity index (χ2v) is 11.7. The summed E-state index contributed by atoms with van der Waals surface area (Å²) in [6.07, 6.45) is 4.77. The number of ether oxygens (including phenoxy) is 1. The first-order valence-corrected chi connectivity index (χ1v) is 14.9. The lowest BCUT2D eigenvalue weighted by Gasteiger charge is -2.33. The van der Waals surface area contributed by atoms with E-state index in [0.29, 0.717) is 24.9 Å². The molecule has 0 unspecified atom stereocenters. The fraction of sp³-hybridized carbons (Fsp3) is 0.394. The molecule has 3 aromatic heterocycles. The predicted octanol–water partition coefficient (Wildman–Crippen LogP) is 6.17. The Hall–Kier alpha value is -4.24. The van der Waals surface area contributed by atoms with Crippen LogP contribution in [0, 0.1) is 12.8 Å². The lowest BCUT2D eigenvalue weighted by molar-refractivity contribution is 0.0553. The minimum Gasteiger partial charge on any atom is -0.465 e. The van der Waals surface area contributed by atoms with Crippen molar-refractivity contribution in [2.45, 2.75) is 44.6 Å². The van der Waals surface area contributed by atoms with E-state index in [-0.39, 0.29) is 6.04 Å². The molecule has 0 bridgehead atoms. The van der Waals surface area contributed by atoms with E-state index in [1.165, 1.54) is 21.5 Å². The summed E-state index contributed by atoms with van der Waals surface area (Å²) in [4.78, 5) is 18.1. The number of benzene rings is 2. The molecule has 42 heavy (non-hydrogen) atoms. The molecule has 0 saturated carbocycles. The third-order valence-electron chi connectivity index (χ3n) is 9.30. The maximum absolute atomic E-state index is 11.5. The molecule has 2 aromatic carbocycles. The Labute approximate surface area is 244 Å². The minimum atomic E-state index is -0.828. The van der Waals surface area contributed by atoms with Crippen molar-refractivity contribution in [1.82, 2.24) is 29.4 Å². The molecule has 216 valence electrons. The number of likely N-dealkylation sites (tertiary alicyclic amines) is 1. The monoisotopic (exact) mass is 564 g/mol. The zero-order valence-corrected chi connectivity index (χ0v) is 24.1. The van der Waals surface area contributed by atoms with E-state index in [9.17, 15) is 9.90 Å². The first kappa shape index (κ1) is 26.6. The molecule has 7 rings (SSSR count). The van der Waals surface area contributed by atoms with Crippen LogP contribution in [0.5, 0.6) is 0 Å². The molecule has 0 aliphatic carbocycles. The highest BCUT2D eigenvalue weighted by molar-refractivity contribution is 6.07. The highest BCUT2D eigenvalue weighted by Gasteiger charge is 2.31. The molecule has 1 amide bonds. The van der Waals surface area contributed by atoms with Crippen LogP contribution in [0.2, 0.25) is 0 Å². The SMILES string of the molecule is Cc1nnn(C)c1-c1cnc2c3cc(C4CCN(C(=O)O)CC4)ccc3n([C@H](c3ccccc3)C3CCOCC3)c2c1.